The Hall–Kier alpha value is -1.67. The topological polar surface area (TPSA) is 62.7 Å². The van der Waals surface area contributed by atoms with Crippen molar-refractivity contribution in [1.29, 1.82) is 0 Å². The number of carboxylic acids is 1. The molecule has 0 aromatic carbocycles. The molecule has 8 heteroatoms. The van der Waals surface area contributed by atoms with E-state index in [-0.39, 0.29) is 0 Å². The standard InChI is InChI=1S/C15H22N2O.C2HF3O2/c1-11-4-3-5-14(16-11)10-17-7-6-15-13(9-17)8-12(2)18-15;3-2(4,5)1(6)7/h3-5,12-13,15H,6-10H2,1-2H3;(H,6,7)/t12-,13-,15-;/m0./s1. The second-order valence-electron chi connectivity index (χ2n) is 6.58. The van der Waals surface area contributed by atoms with Gasteiger partial charge < -0.3 is 9.84 Å². The minimum atomic E-state index is -5.08. The molecule has 2 aliphatic rings. The predicted octanol–water partition coefficient (Wildman–Crippen LogP) is 3.02. The van der Waals surface area contributed by atoms with Crippen LogP contribution in [0.15, 0.2) is 18.2 Å². The van der Waals surface area contributed by atoms with Crippen molar-refractivity contribution in [3.8, 4) is 0 Å². The lowest BCUT2D eigenvalue weighted by molar-refractivity contribution is -0.192. The van der Waals surface area contributed by atoms with Crippen LogP contribution in [0.1, 0.15) is 31.2 Å². The summed E-state index contributed by atoms with van der Waals surface area (Å²) in [7, 11) is 0. The molecular formula is C17H23F3N2O3. The van der Waals surface area contributed by atoms with Crippen LogP contribution in [0.25, 0.3) is 0 Å². The van der Waals surface area contributed by atoms with Crippen molar-refractivity contribution in [1.82, 2.24) is 9.88 Å². The van der Waals surface area contributed by atoms with E-state index in [1.54, 1.807) is 0 Å². The molecule has 3 atom stereocenters. The molecule has 0 spiro atoms. The SMILES string of the molecule is Cc1cccc(CN2CC[C@@H]3O[C@@H](C)C[C@H]3C2)n1.O=C(O)C(F)(F)F. The first-order chi connectivity index (χ1) is 11.6. The summed E-state index contributed by atoms with van der Waals surface area (Å²) in [5.74, 6) is -2.02. The van der Waals surface area contributed by atoms with E-state index in [0.717, 1.165) is 24.7 Å². The van der Waals surface area contributed by atoms with E-state index >= 15 is 0 Å². The minimum absolute atomic E-state index is 0.456. The summed E-state index contributed by atoms with van der Waals surface area (Å²) in [5.41, 5.74) is 2.31. The highest BCUT2D eigenvalue weighted by Crippen LogP contribution is 2.32. The molecule has 1 aromatic heterocycles. The molecule has 1 aromatic rings. The number of likely N-dealkylation sites (tertiary alicyclic amines) is 1. The Balaban J connectivity index is 0.000000277. The highest BCUT2D eigenvalue weighted by Gasteiger charge is 2.38. The van der Waals surface area contributed by atoms with Gasteiger partial charge in [0.2, 0.25) is 0 Å². The van der Waals surface area contributed by atoms with E-state index in [2.05, 4.69) is 41.9 Å². The molecule has 2 fully saturated rings. The van der Waals surface area contributed by atoms with E-state index in [4.69, 9.17) is 14.6 Å². The van der Waals surface area contributed by atoms with Crippen LogP contribution in [0.5, 0.6) is 0 Å². The van der Waals surface area contributed by atoms with Gasteiger partial charge in [-0.15, -0.1) is 0 Å². The highest BCUT2D eigenvalue weighted by molar-refractivity contribution is 5.73. The minimum Gasteiger partial charge on any atom is -0.475 e. The fourth-order valence-corrected chi connectivity index (χ4v) is 3.33. The molecule has 3 heterocycles. The number of piperidine rings is 1. The molecule has 5 nitrogen and oxygen atoms in total. The monoisotopic (exact) mass is 360 g/mol. The number of hydrogen-bond acceptors (Lipinski definition) is 4. The molecule has 0 amide bonds. The van der Waals surface area contributed by atoms with Crippen molar-refractivity contribution in [2.75, 3.05) is 13.1 Å². The van der Waals surface area contributed by atoms with Gasteiger partial charge in [0.25, 0.3) is 0 Å². The lowest BCUT2D eigenvalue weighted by atomic mass is 9.93. The number of alkyl halides is 3. The number of halogens is 3. The number of rotatable bonds is 2. The Morgan fingerprint density at radius 1 is 1.44 bits per heavy atom. The lowest BCUT2D eigenvalue weighted by Gasteiger charge is -2.33. The van der Waals surface area contributed by atoms with Gasteiger partial charge in [0.15, 0.2) is 0 Å². The number of hydrogen-bond donors (Lipinski definition) is 1. The number of fused-ring (bicyclic) bond motifs is 1. The van der Waals surface area contributed by atoms with E-state index in [1.165, 1.54) is 25.1 Å². The fraction of sp³-hybridized carbons (Fsp3) is 0.647. The summed E-state index contributed by atoms with van der Waals surface area (Å²) in [4.78, 5) is 16.0. The van der Waals surface area contributed by atoms with Crippen LogP contribution >= 0.6 is 0 Å². The van der Waals surface area contributed by atoms with Crippen LogP contribution in [-0.2, 0) is 16.1 Å². The molecule has 140 valence electrons. The average molecular weight is 360 g/mol. The number of aryl methyl sites for hydroxylation is 1. The van der Waals surface area contributed by atoms with Gasteiger partial charge in [0.05, 0.1) is 17.9 Å². The zero-order valence-electron chi connectivity index (χ0n) is 14.3. The van der Waals surface area contributed by atoms with Crippen LogP contribution < -0.4 is 0 Å². The molecule has 0 saturated carbocycles. The molecule has 3 rings (SSSR count). The number of ether oxygens (including phenoxy) is 1. The Bertz CT molecular complexity index is 595. The normalized spacial score (nSPS) is 26.5. The average Bonchev–Trinajstić information content (AvgIpc) is 2.86. The molecule has 1 N–H and O–H groups in total. The van der Waals surface area contributed by atoms with Crippen molar-refractivity contribution in [3.05, 3.63) is 29.6 Å². The van der Waals surface area contributed by atoms with Crippen LogP contribution in [0.4, 0.5) is 13.2 Å². The largest absolute Gasteiger partial charge is 0.490 e. The van der Waals surface area contributed by atoms with E-state index in [9.17, 15) is 13.2 Å². The van der Waals surface area contributed by atoms with Crippen LogP contribution in [0.2, 0.25) is 0 Å². The third-order valence-electron chi connectivity index (χ3n) is 4.36. The summed E-state index contributed by atoms with van der Waals surface area (Å²) >= 11 is 0. The number of aliphatic carboxylic acids is 1. The van der Waals surface area contributed by atoms with Crippen molar-refractivity contribution in [2.45, 2.75) is 51.6 Å². The zero-order valence-corrected chi connectivity index (χ0v) is 14.3. The number of carbonyl (C=O) groups is 1. The van der Waals surface area contributed by atoms with Gasteiger partial charge in [0.1, 0.15) is 0 Å². The molecule has 0 aliphatic carbocycles. The number of aromatic nitrogens is 1. The van der Waals surface area contributed by atoms with Gasteiger partial charge >= 0.3 is 12.1 Å². The molecule has 2 aliphatic heterocycles. The smallest absolute Gasteiger partial charge is 0.475 e. The quantitative estimate of drug-likeness (QED) is 0.878. The fourth-order valence-electron chi connectivity index (χ4n) is 3.33. The van der Waals surface area contributed by atoms with Crippen molar-refractivity contribution in [2.24, 2.45) is 5.92 Å². The molecule has 25 heavy (non-hydrogen) atoms. The Morgan fingerprint density at radius 2 is 2.12 bits per heavy atom. The second-order valence-corrected chi connectivity index (χ2v) is 6.58. The Morgan fingerprint density at radius 3 is 2.72 bits per heavy atom. The molecule has 0 bridgehead atoms. The predicted molar refractivity (Wildman–Crippen MR) is 85.0 cm³/mol. The maximum Gasteiger partial charge on any atom is 0.490 e. The molecule has 0 radical (unpaired) electrons. The maximum atomic E-state index is 10.6. The highest BCUT2D eigenvalue weighted by atomic mass is 19.4. The van der Waals surface area contributed by atoms with Gasteiger partial charge in [0, 0.05) is 31.2 Å². The number of pyridine rings is 1. The van der Waals surface area contributed by atoms with Crippen molar-refractivity contribution >= 4 is 5.97 Å². The van der Waals surface area contributed by atoms with Gasteiger partial charge in [-0.2, -0.15) is 13.2 Å². The van der Waals surface area contributed by atoms with Crippen molar-refractivity contribution < 1.29 is 27.8 Å². The molecule has 0 unspecified atom stereocenters. The summed E-state index contributed by atoms with van der Waals surface area (Å²) < 4.78 is 37.7. The van der Waals surface area contributed by atoms with Crippen molar-refractivity contribution in [3.63, 3.8) is 0 Å². The summed E-state index contributed by atoms with van der Waals surface area (Å²) in [6.07, 6.45) is -1.71. The van der Waals surface area contributed by atoms with Gasteiger partial charge in [-0.05, 0) is 38.8 Å². The Kier molecular flexibility index (Phi) is 6.40. The summed E-state index contributed by atoms with van der Waals surface area (Å²) in [6, 6.07) is 6.29. The third-order valence-corrected chi connectivity index (χ3v) is 4.36. The lowest BCUT2D eigenvalue weighted by Crippen LogP contribution is -2.40. The van der Waals surface area contributed by atoms with Crippen LogP contribution in [-0.4, -0.2) is 52.4 Å². The number of nitrogens with zero attached hydrogens (tertiary/aromatic N) is 2. The molecule has 2 saturated heterocycles. The first-order valence-corrected chi connectivity index (χ1v) is 8.25. The van der Waals surface area contributed by atoms with Crippen LogP contribution in [0, 0.1) is 12.8 Å². The zero-order chi connectivity index (χ0) is 18.6. The maximum absolute atomic E-state index is 10.6. The van der Waals surface area contributed by atoms with E-state index < -0.39 is 12.1 Å². The van der Waals surface area contributed by atoms with Gasteiger partial charge in [-0.25, -0.2) is 4.79 Å². The van der Waals surface area contributed by atoms with Gasteiger partial charge in [-0.3, -0.25) is 9.88 Å². The van der Waals surface area contributed by atoms with Gasteiger partial charge in [-0.1, -0.05) is 6.07 Å². The Labute approximate surface area is 144 Å². The van der Waals surface area contributed by atoms with Crippen LogP contribution in [0.3, 0.4) is 0 Å². The first kappa shape index (κ1) is 19.7. The summed E-state index contributed by atoms with van der Waals surface area (Å²) in [5, 5.41) is 7.12. The second kappa shape index (κ2) is 8.14. The first-order valence-electron chi connectivity index (χ1n) is 8.25. The van der Waals surface area contributed by atoms with E-state index in [1.807, 2.05) is 0 Å². The number of carboxylic acid groups (broad SMARTS) is 1. The molecular weight excluding hydrogens is 337 g/mol. The summed E-state index contributed by atoms with van der Waals surface area (Å²) in [6.45, 7) is 7.56. The van der Waals surface area contributed by atoms with E-state index in [0.29, 0.717) is 12.2 Å². The third kappa shape index (κ3) is 5.97.